The summed E-state index contributed by atoms with van der Waals surface area (Å²) in [5.41, 5.74) is 11.9. The number of carbonyl (C=O) groups excluding carboxylic acids is 9. The van der Waals surface area contributed by atoms with Crippen LogP contribution in [0, 0.1) is 11.8 Å². The first-order valence-electron chi connectivity index (χ1n) is 22.3. The molecule has 0 saturated carbocycles. The molecule has 1 aromatic carbocycles. The average molecular weight is 1010 g/mol. The monoisotopic (exact) mass is 1010 g/mol. The number of aromatic amines is 1. The number of nitrogens with one attached hydrogen (secondary N) is 8. The van der Waals surface area contributed by atoms with E-state index in [1.807, 2.05) is 0 Å². The van der Waals surface area contributed by atoms with E-state index in [4.69, 9.17) is 11.5 Å². The van der Waals surface area contributed by atoms with Gasteiger partial charge in [-0.05, 0) is 18.1 Å². The van der Waals surface area contributed by atoms with Gasteiger partial charge < -0.3 is 83.5 Å². The molecule has 16 N–H and O–H groups in total. The number of aromatic nitrogens is 1. The summed E-state index contributed by atoms with van der Waals surface area (Å²) >= 11 is -1.07. The smallest absolute Gasteiger partial charge is 0.248 e. The topological polar surface area (TPSA) is 413 Å². The summed E-state index contributed by atoms with van der Waals surface area (Å²) in [4.78, 5) is 129. The standard InChI is InChI=1S/C42H61N11O14S2/c1-4-18(2)33-39(64)46-12-31(59)47-26-17-69(67)41-22(21-5-6-28(56)23(35(21)52-41)16-68-8-7-43)10-24(36(61)45-13-32(60)50-33)48-40(65)34(19(3)29(57)15-54)51-38(63)27-9-20(55)14-53(27)42(66)25(11-30(44)58)49-37(26)62/h5-6,18-20,24-27,29,33-34,52,54-57H,4,7-17,43H2,1-3H3,(H2,44,58)(H,45,61)(H,46,64)(H,47,59)(H,48,65)(H,49,62)(H,50,60)(H,51,63)/t18-,19-,20+,24-,25-,26-,27?,29-,33-,34-,69?/m0/s1. The molecule has 4 heterocycles. The van der Waals surface area contributed by atoms with E-state index >= 15 is 0 Å². The molecule has 380 valence electrons. The van der Waals surface area contributed by atoms with E-state index in [0.29, 0.717) is 24.3 Å². The lowest BCUT2D eigenvalue weighted by molar-refractivity contribution is -0.144. The van der Waals surface area contributed by atoms with Gasteiger partial charge in [-0.25, -0.2) is 0 Å². The highest BCUT2D eigenvalue weighted by atomic mass is 32.2. The number of hydrogen-bond acceptors (Lipinski definition) is 16. The Hall–Kier alpha value is -5.71. The molecular weight excluding hydrogens is 947 g/mol. The van der Waals surface area contributed by atoms with Crippen LogP contribution in [-0.2, 0) is 66.5 Å². The number of carbonyl (C=O) groups is 9. The van der Waals surface area contributed by atoms with Crippen molar-refractivity contribution in [3.63, 3.8) is 0 Å². The fourth-order valence-electron chi connectivity index (χ4n) is 8.23. The number of aliphatic hydroxyl groups excluding tert-OH is 3. The summed E-state index contributed by atoms with van der Waals surface area (Å²) in [7, 11) is 0. The Morgan fingerprint density at radius 2 is 1.59 bits per heavy atom. The van der Waals surface area contributed by atoms with Gasteiger partial charge in [-0.15, -0.1) is 0 Å². The highest BCUT2D eigenvalue weighted by Gasteiger charge is 2.45. The van der Waals surface area contributed by atoms with Crippen LogP contribution in [0.15, 0.2) is 17.2 Å². The number of rotatable bonds is 11. The number of benzene rings is 1. The van der Waals surface area contributed by atoms with Crippen LogP contribution in [0.25, 0.3) is 10.9 Å². The van der Waals surface area contributed by atoms with Crippen molar-refractivity contribution >= 4 is 87.0 Å². The summed E-state index contributed by atoms with van der Waals surface area (Å²) in [5.74, 6) is -11.4. The fourth-order valence-corrected chi connectivity index (χ4v) is 10.4. The van der Waals surface area contributed by atoms with Crippen molar-refractivity contribution in [1.29, 1.82) is 0 Å². The van der Waals surface area contributed by atoms with E-state index < -0.39 is 176 Å². The van der Waals surface area contributed by atoms with Crippen molar-refractivity contribution in [2.24, 2.45) is 23.3 Å². The summed E-state index contributed by atoms with van der Waals surface area (Å²) in [6.45, 7) is 2.02. The molecule has 27 heteroatoms. The Morgan fingerprint density at radius 1 is 0.913 bits per heavy atom. The number of phenols is 1. The number of amides is 9. The first-order chi connectivity index (χ1) is 32.7. The first-order valence-corrected chi connectivity index (χ1v) is 24.8. The lowest BCUT2D eigenvalue weighted by atomic mass is 9.93. The molecule has 3 aliphatic heterocycles. The van der Waals surface area contributed by atoms with Crippen LogP contribution < -0.4 is 48.7 Å². The zero-order valence-electron chi connectivity index (χ0n) is 38.2. The molecule has 2 bridgehead atoms. The number of hydrogen-bond donors (Lipinski definition) is 14. The largest absolute Gasteiger partial charge is 0.610 e. The van der Waals surface area contributed by atoms with Gasteiger partial charge in [-0.2, -0.15) is 11.8 Å². The molecule has 3 aliphatic rings. The fraction of sp³-hybridized carbons (Fsp3) is 0.595. The predicted molar refractivity (Wildman–Crippen MR) is 247 cm³/mol. The number of phenolic OH excluding ortho intramolecular Hbond substituents is 1. The summed E-state index contributed by atoms with van der Waals surface area (Å²) in [6.07, 6.45) is -4.49. The third-order valence-corrected chi connectivity index (χ3v) is 14.8. The minimum atomic E-state index is -2.42. The number of nitrogens with two attached hydrogens (primary N) is 2. The minimum absolute atomic E-state index is 0.0801. The second-order valence-electron chi connectivity index (χ2n) is 17.2. The number of H-pyrrole nitrogens is 1. The van der Waals surface area contributed by atoms with Gasteiger partial charge in [0.1, 0.15) is 41.7 Å². The zero-order chi connectivity index (χ0) is 50.9. The molecule has 0 radical (unpaired) electrons. The van der Waals surface area contributed by atoms with Crippen LogP contribution in [0.4, 0.5) is 0 Å². The van der Waals surface area contributed by atoms with Crippen molar-refractivity contribution in [2.75, 3.05) is 44.3 Å². The number of nitrogens with zero attached hydrogens (tertiary/aromatic N) is 1. The molecule has 1 aromatic heterocycles. The Balaban J connectivity index is 1.78. The van der Waals surface area contributed by atoms with Gasteiger partial charge in [0.15, 0.2) is 6.04 Å². The summed E-state index contributed by atoms with van der Waals surface area (Å²) in [5, 5.41) is 59.9. The van der Waals surface area contributed by atoms with Gasteiger partial charge in [0.05, 0.1) is 43.8 Å². The molecule has 0 spiro atoms. The molecular formula is C42H61N11O14S2. The maximum absolute atomic E-state index is 14.9. The molecule has 2 aromatic rings. The number of fused-ring (bicyclic) bond motifs is 5. The maximum atomic E-state index is 14.9. The van der Waals surface area contributed by atoms with Gasteiger partial charge in [0.25, 0.3) is 0 Å². The van der Waals surface area contributed by atoms with E-state index in [-0.39, 0.29) is 33.0 Å². The van der Waals surface area contributed by atoms with Crippen molar-refractivity contribution < 1.29 is 68.1 Å². The van der Waals surface area contributed by atoms with Crippen LogP contribution in [-0.4, -0.2) is 181 Å². The highest BCUT2D eigenvalue weighted by molar-refractivity contribution is 7.98. The van der Waals surface area contributed by atoms with Crippen molar-refractivity contribution in [1.82, 2.24) is 47.1 Å². The van der Waals surface area contributed by atoms with Gasteiger partial charge in [0.2, 0.25) is 58.2 Å². The second-order valence-corrected chi connectivity index (χ2v) is 19.8. The number of aromatic hydroxyl groups is 1. The summed E-state index contributed by atoms with van der Waals surface area (Å²) < 4.78 is 14.9. The van der Waals surface area contributed by atoms with Crippen LogP contribution in [0.1, 0.15) is 51.2 Å². The second kappa shape index (κ2) is 24.2. The predicted octanol–water partition coefficient (Wildman–Crippen LogP) is -5.73. The van der Waals surface area contributed by atoms with Crippen molar-refractivity contribution in [3.8, 4) is 5.75 Å². The van der Waals surface area contributed by atoms with Crippen LogP contribution in [0.2, 0.25) is 0 Å². The van der Waals surface area contributed by atoms with Crippen LogP contribution in [0.5, 0.6) is 5.75 Å². The van der Waals surface area contributed by atoms with E-state index in [1.54, 1.807) is 13.8 Å². The molecule has 9 amide bonds. The number of aliphatic hydroxyl groups is 3. The molecule has 0 aliphatic carbocycles. The van der Waals surface area contributed by atoms with E-state index in [2.05, 4.69) is 42.2 Å². The molecule has 1 fully saturated rings. The Kier molecular flexibility index (Phi) is 19.0. The lowest BCUT2D eigenvalue weighted by Gasteiger charge is -2.32. The highest BCUT2D eigenvalue weighted by Crippen LogP contribution is 2.36. The van der Waals surface area contributed by atoms with Crippen molar-refractivity contribution in [2.45, 2.75) is 106 Å². The lowest BCUT2D eigenvalue weighted by Crippen LogP contribution is -2.62. The molecule has 25 nitrogen and oxygen atoms in total. The van der Waals surface area contributed by atoms with Crippen LogP contribution >= 0.6 is 11.8 Å². The van der Waals surface area contributed by atoms with Gasteiger partial charge in [-0.3, -0.25) is 43.2 Å². The van der Waals surface area contributed by atoms with Gasteiger partial charge >= 0.3 is 0 Å². The molecule has 1 saturated heterocycles. The maximum Gasteiger partial charge on any atom is 0.248 e. The Labute approximate surface area is 403 Å². The molecule has 5 rings (SSSR count). The van der Waals surface area contributed by atoms with Crippen molar-refractivity contribution in [3.05, 3.63) is 23.3 Å². The van der Waals surface area contributed by atoms with Gasteiger partial charge in [-0.1, -0.05) is 27.2 Å². The zero-order valence-corrected chi connectivity index (χ0v) is 39.8. The number of thioether (sulfide) groups is 1. The van der Waals surface area contributed by atoms with E-state index in [1.165, 1.54) is 30.8 Å². The molecule has 2 unspecified atom stereocenters. The van der Waals surface area contributed by atoms with E-state index in [0.717, 1.165) is 4.90 Å². The normalized spacial score (nSPS) is 27.3. The Morgan fingerprint density at radius 3 is 2.25 bits per heavy atom. The van der Waals surface area contributed by atoms with Crippen LogP contribution in [0.3, 0.4) is 0 Å². The first kappa shape index (κ1) is 54.2. The van der Waals surface area contributed by atoms with Gasteiger partial charge in [0, 0.05) is 71.0 Å². The molecule has 11 atom stereocenters. The number of primary amides is 1. The average Bonchev–Trinajstić information content (AvgIpc) is 3.89. The minimum Gasteiger partial charge on any atom is -0.610 e. The van der Waals surface area contributed by atoms with E-state index in [9.17, 15) is 68.1 Å². The molecule has 69 heavy (non-hydrogen) atoms. The summed E-state index contributed by atoms with van der Waals surface area (Å²) in [6, 6.07) is -7.25. The quantitative estimate of drug-likeness (QED) is 0.0737. The third kappa shape index (κ3) is 13.3. The Bertz CT molecular complexity index is 2290. The SMILES string of the molecule is CC[C@H](C)[C@@H]1NC(=O)CNC(=O)[C@@H]2Cc3c([nH]c4c(CSCCN)c(O)ccc34)[S+]([O-])C[C@H](NC(=O)CNC1=O)C(=O)N[C@@H](CC(N)=O)C(=O)N1C[C@H](O)CC1C(=O)N[C@@H]([C@@H](C)[C@@H](O)CO)C(=O)N2. The third-order valence-electron chi connectivity index (χ3n) is 12.3.